The van der Waals surface area contributed by atoms with Crippen molar-refractivity contribution in [3.8, 4) is 5.75 Å². The van der Waals surface area contributed by atoms with Crippen molar-refractivity contribution in [2.24, 2.45) is 5.92 Å². The van der Waals surface area contributed by atoms with Crippen molar-refractivity contribution in [1.29, 1.82) is 0 Å². The number of carbonyl (C=O) groups excluding carboxylic acids is 1. The van der Waals surface area contributed by atoms with Crippen LogP contribution in [-0.4, -0.2) is 66.6 Å². The van der Waals surface area contributed by atoms with Gasteiger partial charge < -0.3 is 14.5 Å². The maximum Gasteiger partial charge on any atom is 0.222 e. The number of aromatic nitrogens is 1. The molecule has 0 saturated carbocycles. The molecule has 1 amide bonds. The van der Waals surface area contributed by atoms with E-state index in [0.29, 0.717) is 18.2 Å². The van der Waals surface area contributed by atoms with E-state index in [9.17, 15) is 4.79 Å². The number of piperazine rings is 1. The number of hydrogen-bond donors (Lipinski definition) is 0. The van der Waals surface area contributed by atoms with Gasteiger partial charge in [-0.15, -0.1) is 0 Å². The predicted molar refractivity (Wildman–Crippen MR) is 126 cm³/mol. The third-order valence-corrected chi connectivity index (χ3v) is 7.14. The molecule has 2 saturated heterocycles. The quantitative estimate of drug-likeness (QED) is 0.698. The first-order chi connectivity index (χ1) is 15.7. The van der Waals surface area contributed by atoms with Gasteiger partial charge in [0.15, 0.2) is 0 Å². The molecule has 0 spiro atoms. The van der Waals surface area contributed by atoms with Crippen LogP contribution in [0.5, 0.6) is 5.75 Å². The number of fused-ring (bicyclic) bond motifs is 1. The fraction of sp³-hybridized carbons (Fsp3) is 0.538. The number of nitrogens with zero attached hydrogens (tertiary/aromatic N) is 4. The second-order valence-corrected chi connectivity index (χ2v) is 9.38. The first-order valence-corrected chi connectivity index (χ1v) is 12.2. The maximum absolute atomic E-state index is 12.8. The molecule has 32 heavy (non-hydrogen) atoms. The third kappa shape index (κ3) is 5.07. The number of pyridine rings is 1. The summed E-state index contributed by atoms with van der Waals surface area (Å²) in [5.41, 5.74) is 2.74. The Morgan fingerprint density at radius 1 is 1.09 bits per heavy atom. The second kappa shape index (κ2) is 9.90. The molecular formula is C26H34N4O2. The number of hydrogen-bond acceptors (Lipinski definition) is 5. The van der Waals surface area contributed by atoms with Gasteiger partial charge in [-0.1, -0.05) is 18.2 Å². The molecule has 2 fully saturated rings. The number of benzene rings is 1. The van der Waals surface area contributed by atoms with Crippen LogP contribution < -0.4 is 9.64 Å². The summed E-state index contributed by atoms with van der Waals surface area (Å²) in [6, 6.07) is 12.7. The largest absolute Gasteiger partial charge is 0.493 e. The summed E-state index contributed by atoms with van der Waals surface area (Å²) in [4.78, 5) is 24.2. The first-order valence-electron chi connectivity index (χ1n) is 12.2. The molecule has 170 valence electrons. The van der Waals surface area contributed by atoms with Crippen LogP contribution in [0.4, 0.5) is 5.82 Å². The monoisotopic (exact) mass is 434 g/mol. The van der Waals surface area contributed by atoms with Crippen molar-refractivity contribution >= 4 is 11.7 Å². The van der Waals surface area contributed by atoms with E-state index < -0.39 is 0 Å². The van der Waals surface area contributed by atoms with Gasteiger partial charge in [0.25, 0.3) is 0 Å². The lowest BCUT2D eigenvalue weighted by Crippen LogP contribution is -2.49. The van der Waals surface area contributed by atoms with Crippen LogP contribution in [0.15, 0.2) is 42.6 Å². The van der Waals surface area contributed by atoms with Crippen LogP contribution in [-0.2, 0) is 17.8 Å². The molecule has 5 rings (SSSR count). The molecule has 1 atom stereocenters. The molecule has 6 nitrogen and oxygen atoms in total. The minimum atomic E-state index is 0.321. The molecule has 6 heteroatoms. The zero-order valence-electron chi connectivity index (χ0n) is 18.9. The average molecular weight is 435 g/mol. The summed E-state index contributed by atoms with van der Waals surface area (Å²) < 4.78 is 5.64. The Morgan fingerprint density at radius 2 is 2.00 bits per heavy atom. The van der Waals surface area contributed by atoms with Crippen molar-refractivity contribution in [2.45, 2.75) is 38.6 Å². The summed E-state index contributed by atoms with van der Waals surface area (Å²) in [6.07, 6.45) is 7.03. The van der Waals surface area contributed by atoms with Crippen molar-refractivity contribution in [3.63, 3.8) is 0 Å². The lowest BCUT2D eigenvalue weighted by atomic mass is 9.92. The maximum atomic E-state index is 12.8. The summed E-state index contributed by atoms with van der Waals surface area (Å²) in [6.45, 7) is 7.42. The van der Waals surface area contributed by atoms with Crippen LogP contribution in [0.25, 0.3) is 0 Å². The summed E-state index contributed by atoms with van der Waals surface area (Å²) in [5, 5.41) is 0. The zero-order valence-corrected chi connectivity index (χ0v) is 18.9. The van der Waals surface area contributed by atoms with Gasteiger partial charge in [-0.05, 0) is 61.1 Å². The Balaban J connectivity index is 1.06. The number of ether oxygens (including phenoxy) is 1. The molecule has 0 N–H and O–H groups in total. The van der Waals surface area contributed by atoms with E-state index in [2.05, 4.69) is 33.0 Å². The normalized spacial score (nSPS) is 21.3. The SMILES string of the molecule is O=C(CCC1CCCN(Cc2ccc3c(c2)CCO3)C1)N1CCN(c2ccccn2)CC1. The van der Waals surface area contributed by atoms with Crippen molar-refractivity contribution in [3.05, 3.63) is 53.7 Å². The Morgan fingerprint density at radius 3 is 2.84 bits per heavy atom. The van der Waals surface area contributed by atoms with Gasteiger partial charge in [-0.3, -0.25) is 9.69 Å². The Labute approximate surface area is 191 Å². The van der Waals surface area contributed by atoms with Crippen LogP contribution in [0.1, 0.15) is 36.8 Å². The fourth-order valence-corrected chi connectivity index (χ4v) is 5.34. The van der Waals surface area contributed by atoms with E-state index in [4.69, 9.17) is 4.74 Å². The molecule has 0 radical (unpaired) electrons. The van der Waals surface area contributed by atoms with Crippen LogP contribution in [0, 0.1) is 5.92 Å². The van der Waals surface area contributed by atoms with Gasteiger partial charge in [-0.2, -0.15) is 0 Å². The van der Waals surface area contributed by atoms with E-state index in [1.807, 2.05) is 29.3 Å². The molecule has 1 unspecified atom stereocenters. The number of likely N-dealkylation sites (tertiary alicyclic amines) is 1. The molecule has 1 aromatic carbocycles. The lowest BCUT2D eigenvalue weighted by Gasteiger charge is -2.36. The standard InChI is InChI=1S/C26H34N4O2/c31-26(30-15-13-29(14-16-30)25-5-1-2-11-27-25)9-7-21-4-3-12-28(19-21)20-22-6-8-24-23(18-22)10-17-32-24/h1-2,5-6,8,11,18,21H,3-4,7,9-10,12-17,19-20H2. The van der Waals surface area contributed by atoms with Gasteiger partial charge in [0, 0.05) is 58.3 Å². The van der Waals surface area contributed by atoms with Gasteiger partial charge in [0.05, 0.1) is 6.61 Å². The second-order valence-electron chi connectivity index (χ2n) is 9.38. The Hall–Kier alpha value is -2.60. The van der Waals surface area contributed by atoms with Crippen LogP contribution in [0.2, 0.25) is 0 Å². The van der Waals surface area contributed by atoms with E-state index in [1.165, 1.54) is 24.0 Å². The lowest BCUT2D eigenvalue weighted by molar-refractivity contribution is -0.131. The van der Waals surface area contributed by atoms with Crippen LogP contribution in [0.3, 0.4) is 0 Å². The Bertz CT molecular complexity index is 911. The van der Waals surface area contributed by atoms with E-state index >= 15 is 0 Å². The number of rotatable bonds is 6. The molecule has 2 aromatic rings. The first kappa shape index (κ1) is 21.3. The van der Waals surface area contributed by atoms with E-state index in [0.717, 1.165) is 76.8 Å². The van der Waals surface area contributed by atoms with Crippen molar-refractivity contribution in [2.75, 3.05) is 50.8 Å². The molecule has 4 heterocycles. The average Bonchev–Trinajstić information content (AvgIpc) is 3.31. The smallest absolute Gasteiger partial charge is 0.222 e. The highest BCUT2D eigenvalue weighted by atomic mass is 16.5. The minimum Gasteiger partial charge on any atom is -0.493 e. The van der Waals surface area contributed by atoms with Gasteiger partial charge in [0.2, 0.25) is 5.91 Å². The van der Waals surface area contributed by atoms with Crippen LogP contribution >= 0.6 is 0 Å². The predicted octanol–water partition coefficient (Wildman–Crippen LogP) is 3.36. The highest BCUT2D eigenvalue weighted by Gasteiger charge is 2.25. The summed E-state index contributed by atoms with van der Waals surface area (Å²) in [5.74, 6) is 3.02. The molecule has 3 aliphatic heterocycles. The third-order valence-electron chi connectivity index (χ3n) is 7.14. The summed E-state index contributed by atoms with van der Waals surface area (Å²) >= 11 is 0. The van der Waals surface area contributed by atoms with Crippen molar-refractivity contribution < 1.29 is 9.53 Å². The number of piperidine rings is 1. The van der Waals surface area contributed by atoms with Crippen molar-refractivity contribution in [1.82, 2.24) is 14.8 Å². The topological polar surface area (TPSA) is 48.9 Å². The van der Waals surface area contributed by atoms with Gasteiger partial charge in [0.1, 0.15) is 11.6 Å². The number of carbonyl (C=O) groups is 1. The molecule has 3 aliphatic rings. The van der Waals surface area contributed by atoms with Gasteiger partial charge >= 0.3 is 0 Å². The highest BCUT2D eigenvalue weighted by molar-refractivity contribution is 5.76. The number of anilines is 1. The molecule has 0 bridgehead atoms. The zero-order chi connectivity index (χ0) is 21.8. The van der Waals surface area contributed by atoms with E-state index in [1.54, 1.807) is 0 Å². The molecule has 0 aliphatic carbocycles. The van der Waals surface area contributed by atoms with E-state index in [-0.39, 0.29) is 0 Å². The Kier molecular flexibility index (Phi) is 6.58. The number of amides is 1. The fourth-order valence-electron chi connectivity index (χ4n) is 5.34. The van der Waals surface area contributed by atoms with Gasteiger partial charge in [-0.25, -0.2) is 4.98 Å². The minimum absolute atomic E-state index is 0.321. The molecular weight excluding hydrogens is 400 g/mol. The highest BCUT2D eigenvalue weighted by Crippen LogP contribution is 2.28. The molecule has 1 aromatic heterocycles. The summed E-state index contributed by atoms with van der Waals surface area (Å²) in [7, 11) is 0.